The average Bonchev–Trinajstić information content (AvgIpc) is 3.43. The molecule has 0 saturated heterocycles. The average molecular weight is 551 g/mol. The van der Waals surface area contributed by atoms with Crippen LogP contribution in [0.15, 0.2) is 158 Å². The van der Waals surface area contributed by atoms with Crippen LogP contribution < -0.4 is 0 Å². The van der Waals surface area contributed by atoms with Gasteiger partial charge in [-0.05, 0) is 42.0 Å². The fourth-order valence-corrected chi connectivity index (χ4v) is 5.82. The summed E-state index contributed by atoms with van der Waals surface area (Å²) in [5.74, 6) is 0.687. The van der Waals surface area contributed by atoms with E-state index >= 15 is 0 Å². The molecule has 0 atom stereocenters. The van der Waals surface area contributed by atoms with Gasteiger partial charge < -0.3 is 4.57 Å². The van der Waals surface area contributed by atoms with Gasteiger partial charge in [0.05, 0.1) is 22.4 Å². The maximum Gasteiger partial charge on any atom is 0.159 e. The van der Waals surface area contributed by atoms with E-state index in [1.807, 2.05) is 48.8 Å². The molecule has 0 aliphatic heterocycles. The topological polar surface area (TPSA) is 43.6 Å². The standard InChI is InChI=1S/C39H26N4/c1-3-12-27(13-4-1)35-23-30(24-36(42-35)28-14-5-2-6-15-28)31-25-40-39(41-26-31)29-16-11-17-32(22-29)43-37-20-9-7-18-33(37)34-19-8-10-21-38(34)43/h1-26H. The molecule has 8 aromatic rings. The Kier molecular flexibility index (Phi) is 6.08. The lowest BCUT2D eigenvalue weighted by molar-refractivity contribution is 1.15. The van der Waals surface area contributed by atoms with E-state index in [9.17, 15) is 0 Å². The predicted octanol–water partition coefficient (Wildman–Crippen LogP) is 9.64. The summed E-state index contributed by atoms with van der Waals surface area (Å²) in [4.78, 5) is 14.7. The zero-order valence-electron chi connectivity index (χ0n) is 23.3. The van der Waals surface area contributed by atoms with Crippen molar-refractivity contribution in [2.75, 3.05) is 0 Å². The van der Waals surface area contributed by atoms with Gasteiger partial charge >= 0.3 is 0 Å². The summed E-state index contributed by atoms with van der Waals surface area (Å²) in [6.45, 7) is 0. The largest absolute Gasteiger partial charge is 0.309 e. The van der Waals surface area contributed by atoms with Crippen LogP contribution in [0.2, 0.25) is 0 Å². The SMILES string of the molecule is c1ccc(-c2cc(-c3cnc(-c4cccc(-n5c6ccccc6c6ccccc65)c4)nc3)cc(-c3ccccc3)n2)cc1. The first-order valence-corrected chi connectivity index (χ1v) is 14.4. The molecule has 3 aromatic heterocycles. The third-order valence-electron chi connectivity index (χ3n) is 7.89. The highest BCUT2D eigenvalue weighted by molar-refractivity contribution is 6.09. The van der Waals surface area contributed by atoms with Crippen LogP contribution in [0.4, 0.5) is 0 Å². The number of nitrogens with zero attached hydrogens (tertiary/aromatic N) is 4. The fraction of sp³-hybridized carbons (Fsp3) is 0. The molecule has 202 valence electrons. The van der Waals surface area contributed by atoms with Crippen molar-refractivity contribution in [3.63, 3.8) is 0 Å². The lowest BCUT2D eigenvalue weighted by atomic mass is 10.0. The van der Waals surface area contributed by atoms with Gasteiger partial charge in [-0.3, -0.25) is 0 Å². The van der Waals surface area contributed by atoms with Crippen molar-refractivity contribution in [3.05, 3.63) is 158 Å². The van der Waals surface area contributed by atoms with E-state index in [4.69, 9.17) is 15.0 Å². The first-order valence-electron chi connectivity index (χ1n) is 14.4. The molecule has 4 nitrogen and oxygen atoms in total. The highest BCUT2D eigenvalue weighted by Gasteiger charge is 2.13. The molecule has 0 saturated carbocycles. The molecular formula is C39H26N4. The van der Waals surface area contributed by atoms with Gasteiger partial charge in [0.1, 0.15) is 0 Å². The van der Waals surface area contributed by atoms with Crippen molar-refractivity contribution in [2.45, 2.75) is 0 Å². The molecule has 0 N–H and O–H groups in total. The fourth-order valence-electron chi connectivity index (χ4n) is 5.82. The normalized spacial score (nSPS) is 11.3. The van der Waals surface area contributed by atoms with Crippen LogP contribution in [-0.4, -0.2) is 19.5 Å². The second kappa shape index (κ2) is 10.5. The number of hydrogen-bond donors (Lipinski definition) is 0. The van der Waals surface area contributed by atoms with Crippen LogP contribution in [0.5, 0.6) is 0 Å². The van der Waals surface area contributed by atoms with Crippen molar-refractivity contribution in [2.24, 2.45) is 0 Å². The number of fused-ring (bicyclic) bond motifs is 3. The number of benzene rings is 5. The smallest absolute Gasteiger partial charge is 0.159 e. The Morgan fingerprint density at radius 1 is 0.395 bits per heavy atom. The summed E-state index contributed by atoms with van der Waals surface area (Å²) < 4.78 is 2.32. The molecule has 0 aliphatic rings. The van der Waals surface area contributed by atoms with E-state index in [-0.39, 0.29) is 0 Å². The molecule has 0 amide bonds. The van der Waals surface area contributed by atoms with Gasteiger partial charge in [-0.1, -0.05) is 109 Å². The first-order chi connectivity index (χ1) is 21.3. The van der Waals surface area contributed by atoms with Crippen LogP contribution >= 0.6 is 0 Å². The lowest BCUT2D eigenvalue weighted by Gasteiger charge is -2.11. The van der Waals surface area contributed by atoms with E-state index in [1.54, 1.807) is 0 Å². The van der Waals surface area contributed by atoms with Crippen molar-refractivity contribution in [3.8, 4) is 50.7 Å². The zero-order chi connectivity index (χ0) is 28.6. The molecule has 4 heteroatoms. The Morgan fingerprint density at radius 3 is 1.49 bits per heavy atom. The van der Waals surface area contributed by atoms with Gasteiger partial charge in [0.2, 0.25) is 0 Å². The predicted molar refractivity (Wildman–Crippen MR) is 176 cm³/mol. The quantitative estimate of drug-likeness (QED) is 0.214. The van der Waals surface area contributed by atoms with Gasteiger partial charge in [0.15, 0.2) is 5.82 Å². The summed E-state index contributed by atoms with van der Waals surface area (Å²) in [6.07, 6.45) is 3.82. The summed E-state index contributed by atoms with van der Waals surface area (Å²) in [6, 6.07) is 50.3. The Morgan fingerprint density at radius 2 is 0.907 bits per heavy atom. The number of rotatable bonds is 5. The molecule has 0 aliphatic carbocycles. The Balaban J connectivity index is 1.19. The van der Waals surface area contributed by atoms with Crippen molar-refractivity contribution in [1.29, 1.82) is 0 Å². The third-order valence-corrected chi connectivity index (χ3v) is 7.89. The van der Waals surface area contributed by atoms with Crippen LogP contribution in [0.25, 0.3) is 72.5 Å². The van der Waals surface area contributed by atoms with Gasteiger partial charge in [-0.15, -0.1) is 0 Å². The van der Waals surface area contributed by atoms with Gasteiger partial charge in [-0.2, -0.15) is 0 Å². The maximum atomic E-state index is 5.00. The van der Waals surface area contributed by atoms with Crippen molar-refractivity contribution >= 4 is 21.8 Å². The summed E-state index contributed by atoms with van der Waals surface area (Å²) in [5.41, 5.74) is 10.3. The third kappa shape index (κ3) is 4.55. The zero-order valence-corrected chi connectivity index (χ0v) is 23.3. The molecule has 0 bridgehead atoms. The molecule has 8 rings (SSSR count). The molecule has 43 heavy (non-hydrogen) atoms. The number of aromatic nitrogens is 4. The second-order valence-electron chi connectivity index (χ2n) is 10.6. The van der Waals surface area contributed by atoms with Crippen LogP contribution in [0.3, 0.4) is 0 Å². The molecule has 0 spiro atoms. The Hall–Kier alpha value is -5.87. The molecule has 0 unspecified atom stereocenters. The van der Waals surface area contributed by atoms with Crippen LogP contribution in [0, 0.1) is 0 Å². The van der Waals surface area contributed by atoms with Crippen LogP contribution in [0.1, 0.15) is 0 Å². The Labute approximate surface area is 249 Å². The van der Waals surface area contributed by atoms with Gasteiger partial charge in [0.25, 0.3) is 0 Å². The van der Waals surface area contributed by atoms with E-state index in [1.165, 1.54) is 21.8 Å². The van der Waals surface area contributed by atoms with E-state index in [0.717, 1.165) is 44.9 Å². The van der Waals surface area contributed by atoms with E-state index < -0.39 is 0 Å². The van der Waals surface area contributed by atoms with Gasteiger partial charge in [-0.25, -0.2) is 15.0 Å². The van der Waals surface area contributed by atoms with Crippen LogP contribution in [-0.2, 0) is 0 Å². The number of para-hydroxylation sites is 2. The summed E-state index contributed by atoms with van der Waals surface area (Å²) >= 11 is 0. The molecule has 0 radical (unpaired) electrons. The minimum Gasteiger partial charge on any atom is -0.309 e. The lowest BCUT2D eigenvalue weighted by Crippen LogP contribution is -1.96. The molecular weight excluding hydrogens is 524 g/mol. The monoisotopic (exact) mass is 550 g/mol. The van der Waals surface area contributed by atoms with Gasteiger partial charge in [0, 0.05) is 51.1 Å². The van der Waals surface area contributed by atoms with E-state index in [0.29, 0.717) is 5.82 Å². The molecule has 0 fully saturated rings. The summed E-state index contributed by atoms with van der Waals surface area (Å²) in [5, 5.41) is 2.48. The number of hydrogen-bond acceptors (Lipinski definition) is 3. The molecule has 5 aromatic carbocycles. The minimum atomic E-state index is 0.687. The first kappa shape index (κ1) is 24.9. The highest BCUT2D eigenvalue weighted by Crippen LogP contribution is 2.33. The molecule has 3 heterocycles. The van der Waals surface area contributed by atoms with Crippen molar-refractivity contribution in [1.82, 2.24) is 19.5 Å². The Bertz CT molecular complexity index is 2110. The highest BCUT2D eigenvalue weighted by atomic mass is 15.0. The second-order valence-corrected chi connectivity index (χ2v) is 10.6. The van der Waals surface area contributed by atoms with Crippen molar-refractivity contribution < 1.29 is 0 Å². The minimum absolute atomic E-state index is 0.687. The summed E-state index contributed by atoms with van der Waals surface area (Å²) in [7, 11) is 0. The number of pyridine rings is 1. The maximum absolute atomic E-state index is 5.00. The van der Waals surface area contributed by atoms with E-state index in [2.05, 4.69) is 114 Å².